The van der Waals surface area contributed by atoms with E-state index in [1.54, 1.807) is 0 Å². The van der Waals surface area contributed by atoms with Gasteiger partial charge >= 0.3 is 5.97 Å². The van der Waals surface area contributed by atoms with E-state index in [9.17, 15) is 4.79 Å². The van der Waals surface area contributed by atoms with Gasteiger partial charge in [-0.1, -0.05) is 53.8 Å². The number of rotatable bonds is 16. The first-order valence-electron chi connectivity index (χ1n) is 8.66. The second kappa shape index (κ2) is 19.1. The maximum absolute atomic E-state index is 10.9. The minimum absolute atomic E-state index is 0.0986. The van der Waals surface area contributed by atoms with E-state index in [0.717, 1.165) is 16.8 Å². The lowest BCUT2D eigenvalue weighted by atomic mass is 10.1. The molecule has 0 spiro atoms. The third-order valence-electron chi connectivity index (χ3n) is 3.51. The fourth-order valence-electron chi connectivity index (χ4n) is 2.13. The van der Waals surface area contributed by atoms with Crippen LogP contribution in [0.5, 0.6) is 0 Å². The molecule has 0 bridgehead atoms. The molecule has 0 aliphatic carbocycles. The lowest BCUT2D eigenvalue weighted by Crippen LogP contribution is -2.01. The van der Waals surface area contributed by atoms with E-state index in [0.29, 0.717) is 6.42 Å². The molecule has 130 valence electrons. The molecule has 0 N–H and O–H groups in total. The van der Waals surface area contributed by atoms with Crippen LogP contribution in [0.1, 0.15) is 70.6 Å². The Kier molecular flexibility index (Phi) is 19.1. The summed E-state index contributed by atoms with van der Waals surface area (Å²) in [6.07, 6.45) is 18.4. The highest BCUT2D eigenvalue weighted by molar-refractivity contribution is 9.09. The number of carbonyl (C=O) groups is 1. The van der Waals surface area contributed by atoms with Crippen LogP contribution >= 0.6 is 27.7 Å². The number of methoxy groups -OCH3 is 1. The first-order valence-corrected chi connectivity index (χ1v) is 10.9. The van der Waals surface area contributed by atoms with Gasteiger partial charge in [-0.05, 0) is 44.3 Å². The summed E-state index contributed by atoms with van der Waals surface area (Å²) in [4.78, 5) is 10.9. The van der Waals surface area contributed by atoms with Gasteiger partial charge in [0.1, 0.15) is 0 Å². The largest absolute Gasteiger partial charge is 0.469 e. The van der Waals surface area contributed by atoms with Gasteiger partial charge in [0, 0.05) is 11.1 Å². The molecule has 0 heterocycles. The Morgan fingerprint density at radius 2 is 1.50 bits per heavy atom. The zero-order chi connectivity index (χ0) is 16.3. The Labute approximate surface area is 150 Å². The SMILES string of the molecule is COC(=O)CCSCCCC/C=C\CCCCCCCCBr. The molecule has 0 amide bonds. The van der Waals surface area contributed by atoms with Crippen molar-refractivity contribution in [1.29, 1.82) is 0 Å². The van der Waals surface area contributed by atoms with Gasteiger partial charge in [0.2, 0.25) is 0 Å². The van der Waals surface area contributed by atoms with Crippen molar-refractivity contribution in [2.45, 2.75) is 70.6 Å². The Morgan fingerprint density at radius 1 is 0.909 bits per heavy atom. The summed E-state index contributed by atoms with van der Waals surface area (Å²) in [5.41, 5.74) is 0. The molecule has 0 atom stereocenters. The fraction of sp³-hybridized carbons (Fsp3) is 0.833. The first kappa shape index (κ1) is 22.0. The van der Waals surface area contributed by atoms with Crippen LogP contribution in [-0.2, 0) is 9.53 Å². The number of unbranched alkanes of at least 4 members (excludes halogenated alkanes) is 8. The zero-order valence-corrected chi connectivity index (χ0v) is 16.6. The Bertz CT molecular complexity index is 270. The van der Waals surface area contributed by atoms with Gasteiger partial charge in [-0.15, -0.1) is 0 Å². The van der Waals surface area contributed by atoms with E-state index < -0.39 is 0 Å². The van der Waals surface area contributed by atoms with Crippen LogP contribution in [0.4, 0.5) is 0 Å². The van der Waals surface area contributed by atoms with Crippen LogP contribution in [0.25, 0.3) is 0 Å². The van der Waals surface area contributed by atoms with E-state index >= 15 is 0 Å². The minimum atomic E-state index is -0.0986. The molecule has 0 saturated carbocycles. The van der Waals surface area contributed by atoms with Gasteiger partial charge in [-0.25, -0.2) is 0 Å². The molecule has 0 aromatic rings. The van der Waals surface area contributed by atoms with Crippen LogP contribution in [-0.4, -0.2) is 29.9 Å². The second-order valence-electron chi connectivity index (χ2n) is 5.50. The highest BCUT2D eigenvalue weighted by Gasteiger charge is 1.98. The molecule has 0 aromatic heterocycles. The average molecular weight is 393 g/mol. The van der Waals surface area contributed by atoms with E-state index in [4.69, 9.17) is 0 Å². The number of halogens is 1. The molecule has 0 aliphatic rings. The molecule has 22 heavy (non-hydrogen) atoms. The molecule has 0 aromatic carbocycles. The first-order chi connectivity index (χ1) is 10.8. The second-order valence-corrected chi connectivity index (χ2v) is 7.52. The van der Waals surface area contributed by atoms with Crippen LogP contribution in [0.15, 0.2) is 12.2 Å². The monoisotopic (exact) mass is 392 g/mol. The molecule has 0 saturated heterocycles. The Balaban J connectivity index is 3.10. The quantitative estimate of drug-likeness (QED) is 0.136. The number of carbonyl (C=O) groups excluding carboxylic acids is 1. The summed E-state index contributed by atoms with van der Waals surface area (Å²) in [6.45, 7) is 0. The van der Waals surface area contributed by atoms with Crippen LogP contribution in [0.3, 0.4) is 0 Å². The van der Waals surface area contributed by atoms with Crippen LogP contribution < -0.4 is 0 Å². The van der Waals surface area contributed by atoms with E-state index in [-0.39, 0.29) is 5.97 Å². The number of hydrogen-bond acceptors (Lipinski definition) is 3. The van der Waals surface area contributed by atoms with Gasteiger partial charge in [0.25, 0.3) is 0 Å². The molecule has 0 rings (SSSR count). The maximum atomic E-state index is 10.9. The van der Waals surface area contributed by atoms with Crippen LogP contribution in [0.2, 0.25) is 0 Å². The van der Waals surface area contributed by atoms with E-state index in [2.05, 4.69) is 32.8 Å². The molecule has 2 nitrogen and oxygen atoms in total. The molecular weight excluding hydrogens is 360 g/mol. The molecule has 0 aliphatic heterocycles. The van der Waals surface area contributed by atoms with Crippen molar-refractivity contribution in [3.8, 4) is 0 Å². The van der Waals surface area contributed by atoms with E-state index in [1.165, 1.54) is 71.3 Å². The number of esters is 1. The Hall–Kier alpha value is 0.0400. The smallest absolute Gasteiger partial charge is 0.306 e. The lowest BCUT2D eigenvalue weighted by molar-refractivity contribution is -0.140. The van der Waals surface area contributed by atoms with Crippen molar-refractivity contribution in [3.63, 3.8) is 0 Å². The summed E-state index contributed by atoms with van der Waals surface area (Å²) in [6, 6.07) is 0. The normalized spacial score (nSPS) is 11.2. The van der Waals surface area contributed by atoms with Gasteiger partial charge in [0.05, 0.1) is 13.5 Å². The van der Waals surface area contributed by atoms with E-state index in [1.807, 2.05) is 11.8 Å². The van der Waals surface area contributed by atoms with Crippen molar-refractivity contribution in [3.05, 3.63) is 12.2 Å². The van der Waals surface area contributed by atoms with Crippen LogP contribution in [0, 0.1) is 0 Å². The average Bonchev–Trinajstić information content (AvgIpc) is 2.54. The highest BCUT2D eigenvalue weighted by Crippen LogP contribution is 2.10. The third kappa shape index (κ3) is 18.1. The van der Waals surface area contributed by atoms with Crippen molar-refractivity contribution >= 4 is 33.7 Å². The predicted octanol–water partition coefficient (Wildman–Crippen LogP) is 6.13. The summed E-state index contributed by atoms with van der Waals surface area (Å²) in [5, 5.41) is 1.15. The highest BCUT2D eigenvalue weighted by atomic mass is 79.9. The molecule has 0 fully saturated rings. The standard InChI is InChI=1S/C18H33BrO2S/c1-21-18(20)14-17-22-16-13-11-9-7-5-3-2-4-6-8-10-12-15-19/h5,7H,2-4,6,8-17H2,1H3/b7-5-. The number of hydrogen-bond donors (Lipinski definition) is 0. The predicted molar refractivity (Wildman–Crippen MR) is 103 cm³/mol. The number of ether oxygens (including phenoxy) is 1. The summed E-state index contributed by atoms with van der Waals surface area (Å²) in [5.74, 6) is 1.94. The number of thioether (sulfide) groups is 1. The maximum Gasteiger partial charge on any atom is 0.306 e. The lowest BCUT2D eigenvalue weighted by Gasteiger charge is -2.00. The molecular formula is C18H33BrO2S. The number of alkyl halides is 1. The molecule has 0 unspecified atom stereocenters. The molecule has 4 heteroatoms. The number of allylic oxidation sites excluding steroid dienone is 2. The van der Waals surface area contributed by atoms with Gasteiger partial charge in [-0.2, -0.15) is 11.8 Å². The van der Waals surface area contributed by atoms with Crippen molar-refractivity contribution < 1.29 is 9.53 Å². The topological polar surface area (TPSA) is 26.3 Å². The summed E-state index contributed by atoms with van der Waals surface area (Å²) < 4.78 is 4.61. The minimum Gasteiger partial charge on any atom is -0.469 e. The molecule has 0 radical (unpaired) electrons. The Morgan fingerprint density at radius 3 is 2.14 bits per heavy atom. The summed E-state index contributed by atoms with van der Waals surface area (Å²) in [7, 11) is 1.45. The van der Waals surface area contributed by atoms with Gasteiger partial charge in [-0.3, -0.25) is 4.79 Å². The van der Waals surface area contributed by atoms with Crippen molar-refractivity contribution in [1.82, 2.24) is 0 Å². The summed E-state index contributed by atoms with van der Waals surface area (Å²) >= 11 is 5.32. The third-order valence-corrected chi connectivity index (χ3v) is 5.14. The van der Waals surface area contributed by atoms with Crippen molar-refractivity contribution in [2.75, 3.05) is 23.9 Å². The zero-order valence-electron chi connectivity index (χ0n) is 14.2. The van der Waals surface area contributed by atoms with Crippen molar-refractivity contribution in [2.24, 2.45) is 0 Å². The van der Waals surface area contributed by atoms with Gasteiger partial charge < -0.3 is 4.74 Å². The van der Waals surface area contributed by atoms with Gasteiger partial charge in [0.15, 0.2) is 0 Å². The fourth-order valence-corrected chi connectivity index (χ4v) is 3.45.